The molecule has 2 heterocycles. The Bertz CT molecular complexity index is 1040. The summed E-state index contributed by atoms with van der Waals surface area (Å²) in [5, 5.41) is 18.8. The molecule has 0 aliphatic heterocycles. The van der Waals surface area contributed by atoms with Gasteiger partial charge in [0.25, 0.3) is 0 Å². The number of aromatic hydroxyl groups is 2. The highest BCUT2D eigenvalue weighted by Gasteiger charge is 2.26. The van der Waals surface area contributed by atoms with Gasteiger partial charge in [0.05, 0.1) is 6.26 Å². The predicted octanol–water partition coefficient (Wildman–Crippen LogP) is 3.12. The molecule has 0 aliphatic carbocycles. The normalized spacial score (nSPS) is 14.2. The quantitative estimate of drug-likeness (QED) is 0.388. The summed E-state index contributed by atoms with van der Waals surface area (Å²) >= 11 is -2.26. The van der Waals surface area contributed by atoms with Crippen molar-refractivity contribution in [1.29, 1.82) is 0 Å². The van der Waals surface area contributed by atoms with Crippen LogP contribution < -0.4 is 10.9 Å². The van der Waals surface area contributed by atoms with Crippen LogP contribution in [0.4, 0.5) is 0 Å². The van der Waals surface area contributed by atoms with Crippen LogP contribution in [0.2, 0.25) is 0 Å². The maximum atomic E-state index is 12.5. The van der Waals surface area contributed by atoms with Crippen LogP contribution in [-0.2, 0) is 35.2 Å². The van der Waals surface area contributed by atoms with Crippen molar-refractivity contribution < 1.29 is 28.2 Å². The summed E-state index contributed by atoms with van der Waals surface area (Å²) in [4.78, 5) is 23.6. The van der Waals surface area contributed by atoms with Gasteiger partial charge in [-0.15, -0.1) is 0 Å². The number of hydrogen-bond donors (Lipinski definition) is 2. The third kappa shape index (κ3) is 9.40. The van der Waals surface area contributed by atoms with Crippen LogP contribution in [0.1, 0.15) is 51.9 Å². The molecule has 0 spiro atoms. The van der Waals surface area contributed by atoms with E-state index in [0.717, 1.165) is 12.5 Å². The van der Waals surface area contributed by atoms with Gasteiger partial charge in [0, 0.05) is 18.1 Å². The van der Waals surface area contributed by atoms with Crippen LogP contribution in [0.5, 0.6) is 11.5 Å². The standard InChI is InChI=1S/C24H34O8S2/c1-23(2,12-17-14-31-15-21(27)22(17)28)5-7-33(29)9-10-34(30)8-6-24(3,4)13-18-11-19(25)20(26)16-32-18/h11,14-16,26-27H,5-10,12-13H2,1-4H3. The second kappa shape index (κ2) is 12.2. The van der Waals surface area contributed by atoms with Crippen molar-refractivity contribution in [2.75, 3.05) is 23.0 Å². The monoisotopic (exact) mass is 514 g/mol. The van der Waals surface area contributed by atoms with E-state index in [1.807, 2.05) is 27.7 Å². The predicted molar refractivity (Wildman–Crippen MR) is 133 cm³/mol. The topological polar surface area (TPSA) is 147 Å². The Morgan fingerprint density at radius 1 is 0.824 bits per heavy atom. The van der Waals surface area contributed by atoms with Gasteiger partial charge in [-0.2, -0.15) is 0 Å². The van der Waals surface area contributed by atoms with Crippen molar-refractivity contribution in [2.24, 2.45) is 10.8 Å². The van der Waals surface area contributed by atoms with Crippen molar-refractivity contribution in [2.45, 2.75) is 53.4 Å². The van der Waals surface area contributed by atoms with Crippen LogP contribution in [0.25, 0.3) is 0 Å². The molecule has 2 atom stereocenters. The zero-order valence-corrected chi connectivity index (χ0v) is 21.8. The van der Waals surface area contributed by atoms with E-state index < -0.39 is 44.7 Å². The average molecular weight is 515 g/mol. The first kappa shape index (κ1) is 28.4. The smallest absolute Gasteiger partial charge is 0.229 e. The summed E-state index contributed by atoms with van der Waals surface area (Å²) in [6.45, 7) is 7.91. The molecule has 2 aromatic rings. The van der Waals surface area contributed by atoms with E-state index >= 15 is 0 Å². The summed E-state index contributed by atoms with van der Waals surface area (Å²) in [5.41, 5.74) is -1.14. The summed E-state index contributed by atoms with van der Waals surface area (Å²) in [6.07, 6.45) is 5.46. The van der Waals surface area contributed by atoms with Gasteiger partial charge >= 0.3 is 0 Å². The maximum absolute atomic E-state index is 12.5. The van der Waals surface area contributed by atoms with Crippen molar-refractivity contribution >= 4 is 22.4 Å². The molecule has 2 N–H and O–H groups in total. The lowest BCUT2D eigenvalue weighted by Gasteiger charge is -2.25. The molecule has 0 saturated heterocycles. The minimum atomic E-state index is -1.13. The van der Waals surface area contributed by atoms with Gasteiger partial charge < -0.3 is 28.2 Å². The summed E-state index contributed by atoms with van der Waals surface area (Å²) in [7, 11) is 0. The van der Waals surface area contributed by atoms with E-state index in [-0.39, 0.29) is 10.8 Å². The minimum absolute atomic E-state index is 0.260. The SMILES string of the molecule is CC(C)(CC[S+]([O-])CC[S+]([O-])CCC(C)(C)Cc1cocc(O)c1=O)Cc1cc(=O)c(O)co1. The Balaban J connectivity index is 1.73. The summed E-state index contributed by atoms with van der Waals surface area (Å²) < 4.78 is 35.2. The summed E-state index contributed by atoms with van der Waals surface area (Å²) in [6, 6.07) is 1.27. The second-order valence-corrected chi connectivity index (χ2v) is 13.5. The van der Waals surface area contributed by atoms with Crippen LogP contribution in [-0.4, -0.2) is 42.3 Å². The molecule has 10 heteroatoms. The van der Waals surface area contributed by atoms with Gasteiger partial charge in [0.1, 0.15) is 41.3 Å². The first-order chi connectivity index (χ1) is 15.8. The molecule has 2 unspecified atom stereocenters. The average Bonchev–Trinajstić information content (AvgIpc) is 2.75. The Morgan fingerprint density at radius 2 is 1.38 bits per heavy atom. The fraction of sp³-hybridized carbons (Fsp3) is 0.583. The van der Waals surface area contributed by atoms with Crippen LogP contribution in [0.15, 0.2) is 43.3 Å². The Morgan fingerprint density at radius 3 is 1.94 bits per heavy atom. The lowest BCUT2D eigenvalue weighted by molar-refractivity contribution is 0.309. The maximum Gasteiger partial charge on any atom is 0.229 e. The van der Waals surface area contributed by atoms with E-state index in [2.05, 4.69) is 0 Å². The molecule has 0 bridgehead atoms. The fourth-order valence-corrected chi connectivity index (χ4v) is 6.90. The minimum Gasteiger partial charge on any atom is -0.616 e. The lowest BCUT2D eigenvalue weighted by Crippen LogP contribution is -2.27. The lowest BCUT2D eigenvalue weighted by atomic mass is 9.84. The highest BCUT2D eigenvalue weighted by Crippen LogP contribution is 2.28. The first-order valence-corrected chi connectivity index (χ1v) is 14.0. The van der Waals surface area contributed by atoms with Gasteiger partial charge in [-0.25, -0.2) is 0 Å². The van der Waals surface area contributed by atoms with E-state index in [4.69, 9.17) is 8.83 Å². The Hall–Kier alpha value is -1.88. The Labute approximate surface area is 205 Å². The zero-order chi connectivity index (χ0) is 25.5. The van der Waals surface area contributed by atoms with E-state index in [0.29, 0.717) is 60.0 Å². The molecular formula is C24H34O8S2. The molecule has 2 aromatic heterocycles. The van der Waals surface area contributed by atoms with Gasteiger partial charge in [0.2, 0.25) is 10.9 Å². The molecule has 0 radical (unpaired) electrons. The molecular weight excluding hydrogens is 480 g/mol. The van der Waals surface area contributed by atoms with Crippen molar-refractivity contribution in [3.8, 4) is 11.5 Å². The summed E-state index contributed by atoms with van der Waals surface area (Å²) in [5.74, 6) is 1.17. The largest absolute Gasteiger partial charge is 0.616 e. The third-order valence-electron chi connectivity index (χ3n) is 5.65. The van der Waals surface area contributed by atoms with Crippen molar-refractivity contribution in [3.05, 3.63) is 56.6 Å². The van der Waals surface area contributed by atoms with Crippen LogP contribution >= 0.6 is 0 Å². The van der Waals surface area contributed by atoms with Crippen molar-refractivity contribution in [1.82, 2.24) is 0 Å². The molecule has 0 amide bonds. The van der Waals surface area contributed by atoms with Crippen LogP contribution in [0, 0.1) is 10.8 Å². The Kier molecular flexibility index (Phi) is 10.2. The van der Waals surface area contributed by atoms with E-state index in [1.165, 1.54) is 12.3 Å². The van der Waals surface area contributed by atoms with Crippen molar-refractivity contribution in [3.63, 3.8) is 0 Å². The highest BCUT2D eigenvalue weighted by molar-refractivity contribution is 7.95. The molecule has 0 aliphatic rings. The number of rotatable bonds is 13. The zero-order valence-electron chi connectivity index (χ0n) is 20.1. The molecule has 8 nitrogen and oxygen atoms in total. The molecule has 2 rings (SSSR count). The van der Waals surface area contributed by atoms with E-state index in [9.17, 15) is 28.9 Å². The third-order valence-corrected chi connectivity index (χ3v) is 8.55. The first-order valence-electron chi connectivity index (χ1n) is 11.1. The second-order valence-electron chi connectivity index (χ2n) is 10.1. The van der Waals surface area contributed by atoms with Gasteiger partial charge in [-0.1, -0.05) is 27.7 Å². The molecule has 0 fully saturated rings. The van der Waals surface area contributed by atoms with E-state index in [1.54, 1.807) is 0 Å². The molecule has 0 aromatic carbocycles. The molecule has 34 heavy (non-hydrogen) atoms. The van der Waals surface area contributed by atoms with Gasteiger partial charge in [0.15, 0.2) is 11.5 Å². The highest BCUT2D eigenvalue weighted by atomic mass is 32.2. The fourth-order valence-electron chi connectivity index (χ4n) is 3.44. The molecule has 190 valence electrons. The number of hydrogen-bond acceptors (Lipinski definition) is 8. The van der Waals surface area contributed by atoms with Gasteiger partial charge in [-0.05, 0) is 52.4 Å². The van der Waals surface area contributed by atoms with Gasteiger partial charge in [-0.3, -0.25) is 9.59 Å². The molecule has 0 saturated carbocycles. The van der Waals surface area contributed by atoms with Crippen LogP contribution in [0.3, 0.4) is 0 Å².